The molecule has 0 aliphatic carbocycles. The second kappa shape index (κ2) is 6.87. The fraction of sp³-hybridized carbons (Fsp3) is 0.235. The Kier molecular flexibility index (Phi) is 4.88. The summed E-state index contributed by atoms with van der Waals surface area (Å²) >= 11 is 8.29. The third-order valence-corrected chi connectivity index (χ3v) is 4.95. The number of nitrogens with zero attached hydrogens (tertiary/aromatic N) is 1. The van der Waals surface area contributed by atoms with Gasteiger partial charge in [-0.3, -0.25) is 4.79 Å². The molecule has 0 aromatic heterocycles. The molecule has 0 atom stereocenters. The number of hydrogen-bond donors (Lipinski definition) is 1. The van der Waals surface area contributed by atoms with Crippen LogP contribution in [0.25, 0.3) is 0 Å². The number of benzene rings is 2. The highest BCUT2D eigenvalue weighted by molar-refractivity contribution is 14.1. The van der Waals surface area contributed by atoms with Crippen LogP contribution in [0.15, 0.2) is 42.5 Å². The molecule has 0 unspecified atom stereocenters. The Morgan fingerprint density at radius 2 is 1.86 bits per heavy atom. The number of anilines is 2. The topological polar surface area (TPSA) is 32.3 Å². The summed E-state index contributed by atoms with van der Waals surface area (Å²) in [6.45, 7) is 2.04. The van der Waals surface area contributed by atoms with E-state index in [0.717, 1.165) is 28.0 Å². The molecule has 0 radical (unpaired) electrons. The minimum absolute atomic E-state index is 0.104. The van der Waals surface area contributed by atoms with Gasteiger partial charge in [-0.25, -0.2) is 0 Å². The highest BCUT2D eigenvalue weighted by atomic mass is 127. The molecule has 22 heavy (non-hydrogen) atoms. The van der Waals surface area contributed by atoms with E-state index in [1.54, 1.807) is 0 Å². The fourth-order valence-electron chi connectivity index (χ4n) is 2.68. The van der Waals surface area contributed by atoms with Crippen LogP contribution in [0.4, 0.5) is 11.4 Å². The Balaban J connectivity index is 1.89. The van der Waals surface area contributed by atoms with Gasteiger partial charge in [-0.2, -0.15) is 0 Å². The zero-order chi connectivity index (χ0) is 15.5. The molecule has 3 rings (SSSR count). The van der Waals surface area contributed by atoms with Gasteiger partial charge in [0.25, 0.3) is 5.91 Å². The zero-order valence-corrected chi connectivity index (χ0v) is 14.9. The Bertz CT molecular complexity index is 699. The fourth-order valence-corrected chi connectivity index (χ4v) is 3.48. The first kappa shape index (κ1) is 15.6. The number of amides is 1. The Morgan fingerprint density at radius 3 is 2.59 bits per heavy atom. The first-order chi connectivity index (χ1) is 10.6. The molecule has 1 saturated heterocycles. The van der Waals surface area contributed by atoms with E-state index >= 15 is 0 Å². The molecule has 0 saturated carbocycles. The van der Waals surface area contributed by atoms with Crippen molar-refractivity contribution in [3.63, 3.8) is 0 Å². The van der Waals surface area contributed by atoms with Crippen molar-refractivity contribution in [3.05, 3.63) is 56.6 Å². The van der Waals surface area contributed by atoms with Crippen LogP contribution in [0.5, 0.6) is 0 Å². The lowest BCUT2D eigenvalue weighted by Gasteiger charge is -2.22. The Morgan fingerprint density at radius 1 is 1.14 bits per heavy atom. The van der Waals surface area contributed by atoms with Crippen LogP contribution in [-0.2, 0) is 0 Å². The average molecular weight is 427 g/mol. The summed E-state index contributed by atoms with van der Waals surface area (Å²) in [5.41, 5.74) is 2.50. The molecule has 1 fully saturated rings. The largest absolute Gasteiger partial charge is 0.370 e. The average Bonchev–Trinajstić information content (AvgIpc) is 3.02. The molecular formula is C17H16ClIN2O. The zero-order valence-electron chi connectivity index (χ0n) is 12.0. The number of hydrogen-bond acceptors (Lipinski definition) is 2. The molecule has 1 aliphatic rings. The number of carbonyl (C=O) groups excluding carboxylic acids is 1. The smallest absolute Gasteiger partial charge is 0.256 e. The van der Waals surface area contributed by atoms with Crippen molar-refractivity contribution in [1.82, 2.24) is 0 Å². The first-order valence-electron chi connectivity index (χ1n) is 7.25. The number of halogens is 2. The predicted molar refractivity (Wildman–Crippen MR) is 100 cm³/mol. The lowest BCUT2D eigenvalue weighted by molar-refractivity contribution is 0.102. The minimum atomic E-state index is -0.104. The molecule has 3 nitrogen and oxygen atoms in total. The van der Waals surface area contributed by atoms with Crippen molar-refractivity contribution >= 4 is 51.5 Å². The van der Waals surface area contributed by atoms with E-state index < -0.39 is 0 Å². The first-order valence-corrected chi connectivity index (χ1v) is 8.71. The second-order valence-electron chi connectivity index (χ2n) is 5.29. The van der Waals surface area contributed by atoms with Gasteiger partial charge in [-0.05, 0) is 65.8 Å². The van der Waals surface area contributed by atoms with Crippen LogP contribution in [-0.4, -0.2) is 19.0 Å². The quantitative estimate of drug-likeness (QED) is 0.715. The normalized spacial score (nSPS) is 14.2. The maximum absolute atomic E-state index is 12.5. The van der Waals surface area contributed by atoms with Gasteiger partial charge in [0.1, 0.15) is 0 Å². The minimum Gasteiger partial charge on any atom is -0.370 e. The van der Waals surface area contributed by atoms with E-state index in [4.69, 9.17) is 11.6 Å². The van der Waals surface area contributed by atoms with E-state index in [-0.39, 0.29) is 5.91 Å². The molecular weight excluding hydrogens is 411 g/mol. The molecule has 1 amide bonds. The van der Waals surface area contributed by atoms with Crippen LogP contribution in [0.1, 0.15) is 23.2 Å². The molecule has 1 N–H and O–H groups in total. The summed E-state index contributed by atoms with van der Waals surface area (Å²) in [4.78, 5) is 14.8. The van der Waals surface area contributed by atoms with Crippen LogP contribution >= 0.6 is 34.2 Å². The highest BCUT2D eigenvalue weighted by Gasteiger charge is 2.18. The van der Waals surface area contributed by atoms with Gasteiger partial charge in [0, 0.05) is 21.7 Å². The maximum Gasteiger partial charge on any atom is 0.256 e. The summed E-state index contributed by atoms with van der Waals surface area (Å²) in [6.07, 6.45) is 2.37. The van der Waals surface area contributed by atoms with Crippen molar-refractivity contribution in [3.8, 4) is 0 Å². The summed E-state index contributed by atoms with van der Waals surface area (Å²) < 4.78 is 0.933. The van der Waals surface area contributed by atoms with Gasteiger partial charge in [-0.15, -0.1) is 0 Å². The van der Waals surface area contributed by atoms with E-state index in [0.29, 0.717) is 10.6 Å². The van der Waals surface area contributed by atoms with Crippen molar-refractivity contribution in [2.45, 2.75) is 12.8 Å². The van der Waals surface area contributed by atoms with E-state index in [1.807, 2.05) is 42.5 Å². The third kappa shape index (κ3) is 3.38. The van der Waals surface area contributed by atoms with Gasteiger partial charge in [0.05, 0.1) is 16.9 Å². The van der Waals surface area contributed by atoms with Crippen LogP contribution in [0.2, 0.25) is 5.02 Å². The number of carbonyl (C=O) groups is 1. The maximum atomic E-state index is 12.5. The van der Waals surface area contributed by atoms with E-state index in [9.17, 15) is 4.79 Å². The van der Waals surface area contributed by atoms with Gasteiger partial charge in [0.2, 0.25) is 0 Å². The standard InChI is InChI=1S/C17H16ClIN2O/c18-12-7-8-16(21-9-3-4-10-21)15(11-12)20-17(22)13-5-1-2-6-14(13)19/h1-2,5-8,11H,3-4,9-10H2,(H,20,22). The summed E-state index contributed by atoms with van der Waals surface area (Å²) in [7, 11) is 0. The van der Waals surface area contributed by atoms with Crippen LogP contribution in [0, 0.1) is 3.57 Å². The van der Waals surface area contributed by atoms with Crippen molar-refractivity contribution in [1.29, 1.82) is 0 Å². The molecule has 0 bridgehead atoms. The van der Waals surface area contributed by atoms with Gasteiger partial charge in [-0.1, -0.05) is 23.7 Å². The van der Waals surface area contributed by atoms with Crippen molar-refractivity contribution in [2.75, 3.05) is 23.3 Å². The lowest BCUT2D eigenvalue weighted by atomic mass is 10.2. The van der Waals surface area contributed by atoms with Crippen LogP contribution < -0.4 is 10.2 Å². The predicted octanol–water partition coefficient (Wildman–Crippen LogP) is 4.80. The second-order valence-corrected chi connectivity index (χ2v) is 6.89. The monoisotopic (exact) mass is 426 g/mol. The molecule has 5 heteroatoms. The third-order valence-electron chi connectivity index (χ3n) is 3.77. The van der Waals surface area contributed by atoms with E-state index in [2.05, 4.69) is 32.8 Å². The molecule has 0 spiro atoms. The Labute approximate surface area is 148 Å². The molecule has 2 aromatic carbocycles. The molecule has 1 heterocycles. The van der Waals surface area contributed by atoms with Crippen molar-refractivity contribution in [2.24, 2.45) is 0 Å². The number of rotatable bonds is 3. The Hall–Kier alpha value is -1.27. The lowest BCUT2D eigenvalue weighted by Crippen LogP contribution is -2.21. The number of nitrogens with one attached hydrogen (secondary N) is 1. The SMILES string of the molecule is O=C(Nc1cc(Cl)ccc1N1CCCC1)c1ccccc1I. The van der Waals surface area contributed by atoms with Gasteiger partial charge < -0.3 is 10.2 Å². The summed E-state index contributed by atoms with van der Waals surface area (Å²) in [5.74, 6) is -0.104. The molecule has 2 aromatic rings. The summed E-state index contributed by atoms with van der Waals surface area (Å²) in [6, 6.07) is 13.2. The highest BCUT2D eigenvalue weighted by Crippen LogP contribution is 2.32. The molecule has 114 valence electrons. The molecule has 1 aliphatic heterocycles. The van der Waals surface area contributed by atoms with Crippen molar-refractivity contribution < 1.29 is 4.79 Å². The van der Waals surface area contributed by atoms with Gasteiger partial charge >= 0.3 is 0 Å². The summed E-state index contributed by atoms with van der Waals surface area (Å²) in [5, 5.41) is 3.64. The van der Waals surface area contributed by atoms with Crippen LogP contribution in [0.3, 0.4) is 0 Å². The van der Waals surface area contributed by atoms with E-state index in [1.165, 1.54) is 12.8 Å². The van der Waals surface area contributed by atoms with Gasteiger partial charge in [0.15, 0.2) is 0 Å².